The predicted molar refractivity (Wildman–Crippen MR) is 93.6 cm³/mol. The molecule has 112 valence electrons. The van der Waals surface area contributed by atoms with Gasteiger partial charge in [0.15, 0.2) is 0 Å². The highest BCUT2D eigenvalue weighted by Crippen LogP contribution is 2.45. The molecule has 1 aromatic heterocycles. The first-order valence-electron chi connectivity index (χ1n) is 8.26. The largest absolute Gasteiger partial charge is 0.288 e. The first kappa shape index (κ1) is 12.9. The molecule has 1 aromatic carbocycles. The van der Waals surface area contributed by atoms with Gasteiger partial charge in [0.1, 0.15) is 0 Å². The maximum Gasteiger partial charge on any atom is 0.0930 e. The molecule has 0 radical (unpaired) electrons. The van der Waals surface area contributed by atoms with Crippen LogP contribution in [-0.4, -0.2) is 16.9 Å². The summed E-state index contributed by atoms with van der Waals surface area (Å²) in [6, 6.07) is 12.8. The molecule has 3 heterocycles. The van der Waals surface area contributed by atoms with E-state index in [0.717, 1.165) is 24.4 Å². The molecule has 1 unspecified atom stereocenters. The molecule has 2 aromatic rings. The van der Waals surface area contributed by atoms with E-state index in [1.807, 2.05) is 24.5 Å². The number of benzene rings is 1. The quantitative estimate of drug-likeness (QED) is 0.821. The normalized spacial score (nSPS) is 21.6. The van der Waals surface area contributed by atoms with Gasteiger partial charge in [-0.3, -0.25) is 15.0 Å². The van der Waals surface area contributed by atoms with Crippen LogP contribution >= 0.6 is 0 Å². The van der Waals surface area contributed by atoms with Gasteiger partial charge in [-0.25, -0.2) is 0 Å². The van der Waals surface area contributed by atoms with Crippen LogP contribution < -0.4 is 0 Å². The summed E-state index contributed by atoms with van der Waals surface area (Å²) in [5.41, 5.74) is 8.63. The Labute approximate surface area is 135 Å². The smallest absolute Gasteiger partial charge is 0.0930 e. The van der Waals surface area contributed by atoms with Crippen molar-refractivity contribution in [1.29, 1.82) is 0 Å². The van der Waals surface area contributed by atoms with Gasteiger partial charge in [-0.05, 0) is 59.7 Å². The summed E-state index contributed by atoms with van der Waals surface area (Å²) in [5.74, 6) is 0.479. The van der Waals surface area contributed by atoms with Gasteiger partial charge in [0, 0.05) is 24.0 Å². The van der Waals surface area contributed by atoms with Gasteiger partial charge in [0.05, 0.1) is 17.9 Å². The topological polar surface area (TPSA) is 37.6 Å². The molecular formula is C20H17N3. The van der Waals surface area contributed by atoms with Crippen molar-refractivity contribution in [2.24, 2.45) is 15.9 Å². The molecule has 0 N–H and O–H groups in total. The molecule has 1 aliphatic carbocycles. The standard InChI is InChI=1S/C20H17N3/c1-2-9-22-18(5-1)20-19(16-4-3-6-17(16)23-20)13-7-8-14-11-21-12-15(14)10-13/h1-2,5,7-11,16H,3-4,6,12H2. The maximum absolute atomic E-state index is 4.97. The molecule has 1 fully saturated rings. The third kappa shape index (κ3) is 2.00. The van der Waals surface area contributed by atoms with Crippen molar-refractivity contribution in [3.63, 3.8) is 0 Å². The molecule has 0 amide bonds. The van der Waals surface area contributed by atoms with Crippen LogP contribution in [0, 0.1) is 5.92 Å². The Morgan fingerprint density at radius 3 is 3.00 bits per heavy atom. The highest BCUT2D eigenvalue weighted by molar-refractivity contribution is 6.12. The molecular weight excluding hydrogens is 282 g/mol. The zero-order valence-electron chi connectivity index (χ0n) is 12.9. The van der Waals surface area contributed by atoms with Crippen LogP contribution in [0.4, 0.5) is 0 Å². The SMILES string of the molecule is C1=NCc2cc(C3=C(c4ccccn4)N=C4CCCC43)ccc21. The predicted octanol–water partition coefficient (Wildman–Crippen LogP) is 4.14. The zero-order chi connectivity index (χ0) is 15.2. The van der Waals surface area contributed by atoms with E-state index in [0.29, 0.717) is 5.92 Å². The Balaban J connectivity index is 1.68. The van der Waals surface area contributed by atoms with E-state index >= 15 is 0 Å². The van der Waals surface area contributed by atoms with Crippen LogP contribution in [0.5, 0.6) is 0 Å². The monoisotopic (exact) mass is 299 g/mol. The van der Waals surface area contributed by atoms with Crippen molar-refractivity contribution in [2.45, 2.75) is 25.8 Å². The fourth-order valence-electron chi connectivity index (χ4n) is 3.96. The number of pyridine rings is 1. The second-order valence-corrected chi connectivity index (χ2v) is 6.41. The number of hydrogen-bond acceptors (Lipinski definition) is 3. The minimum atomic E-state index is 0.479. The average Bonchev–Trinajstić information content (AvgIpc) is 3.30. The van der Waals surface area contributed by atoms with E-state index in [1.165, 1.54) is 40.8 Å². The molecule has 1 saturated carbocycles. The Morgan fingerprint density at radius 1 is 1.09 bits per heavy atom. The van der Waals surface area contributed by atoms with Gasteiger partial charge in [-0.2, -0.15) is 0 Å². The Kier molecular flexibility index (Phi) is 2.80. The van der Waals surface area contributed by atoms with E-state index in [2.05, 4.69) is 34.2 Å². The average molecular weight is 299 g/mol. The molecule has 3 heteroatoms. The lowest BCUT2D eigenvalue weighted by Gasteiger charge is -2.14. The second-order valence-electron chi connectivity index (χ2n) is 6.41. The molecule has 0 saturated heterocycles. The van der Waals surface area contributed by atoms with Gasteiger partial charge in [0.25, 0.3) is 0 Å². The number of nitrogens with zero attached hydrogens (tertiary/aromatic N) is 3. The lowest BCUT2D eigenvalue weighted by atomic mass is 9.88. The number of hydrogen-bond donors (Lipinski definition) is 0. The van der Waals surface area contributed by atoms with Crippen molar-refractivity contribution in [2.75, 3.05) is 0 Å². The van der Waals surface area contributed by atoms with Gasteiger partial charge >= 0.3 is 0 Å². The first-order chi connectivity index (χ1) is 11.4. The lowest BCUT2D eigenvalue weighted by molar-refractivity contribution is 0.801. The zero-order valence-corrected chi connectivity index (χ0v) is 12.9. The van der Waals surface area contributed by atoms with E-state index in [1.54, 1.807) is 0 Å². The van der Waals surface area contributed by atoms with E-state index < -0.39 is 0 Å². The number of allylic oxidation sites excluding steroid dienone is 1. The van der Waals surface area contributed by atoms with E-state index in [4.69, 9.17) is 4.99 Å². The van der Waals surface area contributed by atoms with Crippen LogP contribution in [0.3, 0.4) is 0 Å². The van der Waals surface area contributed by atoms with Crippen LogP contribution in [0.1, 0.15) is 41.6 Å². The van der Waals surface area contributed by atoms with Crippen LogP contribution in [0.25, 0.3) is 11.3 Å². The van der Waals surface area contributed by atoms with Crippen molar-refractivity contribution in [3.05, 3.63) is 65.0 Å². The molecule has 5 rings (SSSR count). The van der Waals surface area contributed by atoms with Crippen LogP contribution in [0.2, 0.25) is 0 Å². The van der Waals surface area contributed by atoms with Crippen molar-refractivity contribution in [3.8, 4) is 0 Å². The van der Waals surface area contributed by atoms with Gasteiger partial charge in [-0.1, -0.05) is 18.2 Å². The third-order valence-electron chi connectivity index (χ3n) is 5.04. The minimum Gasteiger partial charge on any atom is -0.288 e. The van der Waals surface area contributed by atoms with Gasteiger partial charge in [-0.15, -0.1) is 0 Å². The van der Waals surface area contributed by atoms with E-state index in [9.17, 15) is 0 Å². The Bertz CT molecular complexity index is 875. The molecule has 1 atom stereocenters. The molecule has 2 aliphatic heterocycles. The highest BCUT2D eigenvalue weighted by Gasteiger charge is 2.35. The molecule has 23 heavy (non-hydrogen) atoms. The van der Waals surface area contributed by atoms with Crippen molar-refractivity contribution in [1.82, 2.24) is 4.98 Å². The second kappa shape index (κ2) is 4.98. The number of aromatic nitrogens is 1. The molecule has 0 spiro atoms. The lowest BCUT2D eigenvalue weighted by Crippen LogP contribution is -2.05. The van der Waals surface area contributed by atoms with Crippen molar-refractivity contribution < 1.29 is 0 Å². The summed E-state index contributed by atoms with van der Waals surface area (Å²) in [6.45, 7) is 0.799. The number of rotatable bonds is 2. The first-order valence-corrected chi connectivity index (χ1v) is 8.26. The fourth-order valence-corrected chi connectivity index (χ4v) is 3.96. The fraction of sp³-hybridized carbons (Fsp3) is 0.250. The molecule has 3 aliphatic rings. The summed E-state index contributed by atoms with van der Waals surface area (Å²) < 4.78 is 0. The van der Waals surface area contributed by atoms with Crippen LogP contribution in [0.15, 0.2) is 52.6 Å². The third-order valence-corrected chi connectivity index (χ3v) is 5.04. The molecule has 3 nitrogen and oxygen atoms in total. The highest BCUT2D eigenvalue weighted by atomic mass is 14.9. The van der Waals surface area contributed by atoms with E-state index in [-0.39, 0.29) is 0 Å². The van der Waals surface area contributed by atoms with Crippen molar-refractivity contribution >= 4 is 23.2 Å². The summed E-state index contributed by atoms with van der Waals surface area (Å²) in [6.07, 6.45) is 7.40. The summed E-state index contributed by atoms with van der Waals surface area (Å²) in [4.78, 5) is 13.9. The maximum atomic E-state index is 4.97. The number of aliphatic imine (C=N–C) groups is 2. The summed E-state index contributed by atoms with van der Waals surface area (Å²) >= 11 is 0. The minimum absolute atomic E-state index is 0.479. The van der Waals surface area contributed by atoms with Crippen LogP contribution in [-0.2, 0) is 6.54 Å². The number of fused-ring (bicyclic) bond motifs is 2. The molecule has 0 bridgehead atoms. The Morgan fingerprint density at radius 2 is 2.09 bits per heavy atom. The van der Waals surface area contributed by atoms with Gasteiger partial charge < -0.3 is 0 Å². The summed E-state index contributed by atoms with van der Waals surface area (Å²) in [7, 11) is 0. The summed E-state index contributed by atoms with van der Waals surface area (Å²) in [5, 5.41) is 0. The Hall–Kier alpha value is -2.55. The van der Waals surface area contributed by atoms with Gasteiger partial charge in [0.2, 0.25) is 0 Å².